The van der Waals surface area contributed by atoms with Crippen molar-refractivity contribution in [1.82, 2.24) is 0 Å². The van der Waals surface area contributed by atoms with Crippen LogP contribution in [-0.2, 0) is 0 Å². The van der Waals surface area contributed by atoms with Crippen LogP contribution in [0, 0.1) is 0 Å². The van der Waals surface area contributed by atoms with Crippen molar-refractivity contribution in [3.05, 3.63) is 11.6 Å². The highest BCUT2D eigenvalue weighted by Crippen LogP contribution is 2.23. The van der Waals surface area contributed by atoms with Crippen molar-refractivity contribution in [2.24, 2.45) is 0 Å². The van der Waals surface area contributed by atoms with Crippen LogP contribution in [0.1, 0.15) is 26.2 Å². The molecule has 0 heterocycles. The average Bonchev–Trinajstić information content (AvgIpc) is 1.85. The van der Waals surface area contributed by atoms with E-state index in [0.717, 1.165) is 12.8 Å². The summed E-state index contributed by atoms with van der Waals surface area (Å²) in [5.41, 5.74) is 1.17. The second-order valence-electron chi connectivity index (χ2n) is 2.90. The molecule has 2 atom stereocenters. The van der Waals surface area contributed by atoms with Crippen LogP contribution in [-0.4, -0.2) is 22.4 Å². The van der Waals surface area contributed by atoms with Gasteiger partial charge in [-0.1, -0.05) is 11.6 Å². The van der Waals surface area contributed by atoms with Gasteiger partial charge in [-0.25, -0.2) is 0 Å². The third-order valence-corrected chi connectivity index (χ3v) is 1.95. The normalized spacial score (nSPS) is 38.5. The molecule has 0 aromatic carbocycles. The smallest absolute Gasteiger partial charge is 0.0602 e. The Hall–Kier alpha value is -0.340. The van der Waals surface area contributed by atoms with E-state index in [2.05, 4.69) is 0 Å². The van der Waals surface area contributed by atoms with Crippen LogP contribution >= 0.6 is 0 Å². The Morgan fingerprint density at radius 3 is 2.20 bits per heavy atom. The standard InChI is InChI=1S/C8H14O2/c1-2-6-3-7(9)5-8(10)4-6/h2,7-10H,3-5H2,1H3/t7-,8?/m1/s1. The molecule has 1 aliphatic rings. The predicted molar refractivity (Wildman–Crippen MR) is 39.6 cm³/mol. The van der Waals surface area contributed by atoms with Crippen LogP contribution in [0.4, 0.5) is 0 Å². The van der Waals surface area contributed by atoms with Gasteiger partial charge in [0.25, 0.3) is 0 Å². The third-order valence-electron chi connectivity index (χ3n) is 1.95. The van der Waals surface area contributed by atoms with Gasteiger partial charge in [-0.15, -0.1) is 0 Å². The molecule has 0 saturated heterocycles. The zero-order valence-corrected chi connectivity index (χ0v) is 6.25. The van der Waals surface area contributed by atoms with Gasteiger partial charge in [0.15, 0.2) is 0 Å². The van der Waals surface area contributed by atoms with Crippen molar-refractivity contribution in [2.45, 2.75) is 38.4 Å². The number of hydrogen-bond donors (Lipinski definition) is 2. The van der Waals surface area contributed by atoms with E-state index in [1.54, 1.807) is 0 Å². The van der Waals surface area contributed by atoms with Crippen molar-refractivity contribution >= 4 is 0 Å². The van der Waals surface area contributed by atoms with Gasteiger partial charge in [0.05, 0.1) is 12.2 Å². The maximum atomic E-state index is 9.18. The monoisotopic (exact) mass is 142 g/mol. The van der Waals surface area contributed by atoms with E-state index in [1.807, 2.05) is 13.0 Å². The second-order valence-corrected chi connectivity index (χ2v) is 2.90. The maximum absolute atomic E-state index is 9.18. The Bertz CT molecular complexity index is 128. The molecule has 1 saturated carbocycles. The Morgan fingerprint density at radius 1 is 1.30 bits per heavy atom. The minimum absolute atomic E-state index is 0.324. The number of aliphatic hydroxyl groups excluding tert-OH is 2. The van der Waals surface area contributed by atoms with Crippen molar-refractivity contribution < 1.29 is 10.2 Å². The molecule has 0 radical (unpaired) electrons. The fraction of sp³-hybridized carbons (Fsp3) is 0.750. The minimum Gasteiger partial charge on any atom is -0.393 e. The van der Waals surface area contributed by atoms with Gasteiger partial charge in [0.2, 0.25) is 0 Å². The molecular weight excluding hydrogens is 128 g/mol. The van der Waals surface area contributed by atoms with Gasteiger partial charge < -0.3 is 10.2 Å². The largest absolute Gasteiger partial charge is 0.393 e. The number of hydrogen-bond acceptors (Lipinski definition) is 2. The Balaban J connectivity index is 2.51. The Kier molecular flexibility index (Phi) is 2.46. The van der Waals surface area contributed by atoms with Gasteiger partial charge in [-0.2, -0.15) is 0 Å². The van der Waals surface area contributed by atoms with Crippen molar-refractivity contribution in [3.8, 4) is 0 Å². The van der Waals surface area contributed by atoms with E-state index >= 15 is 0 Å². The highest BCUT2D eigenvalue weighted by Gasteiger charge is 2.20. The molecule has 58 valence electrons. The lowest BCUT2D eigenvalue weighted by Gasteiger charge is -2.24. The summed E-state index contributed by atoms with van der Waals surface area (Å²) in [7, 11) is 0. The summed E-state index contributed by atoms with van der Waals surface area (Å²) < 4.78 is 0. The number of allylic oxidation sites excluding steroid dienone is 1. The number of aliphatic hydroxyl groups is 2. The van der Waals surface area contributed by atoms with Gasteiger partial charge >= 0.3 is 0 Å². The quantitative estimate of drug-likeness (QED) is 0.492. The number of rotatable bonds is 0. The summed E-state index contributed by atoms with van der Waals surface area (Å²) in [5.74, 6) is 0. The first-order valence-corrected chi connectivity index (χ1v) is 3.72. The van der Waals surface area contributed by atoms with Crippen LogP contribution in [0.5, 0.6) is 0 Å². The van der Waals surface area contributed by atoms with Gasteiger partial charge in [-0.05, 0) is 26.2 Å². The Morgan fingerprint density at radius 2 is 1.80 bits per heavy atom. The summed E-state index contributed by atoms with van der Waals surface area (Å²) in [5, 5.41) is 18.4. The second kappa shape index (κ2) is 3.17. The highest BCUT2D eigenvalue weighted by molar-refractivity contribution is 5.06. The van der Waals surface area contributed by atoms with Gasteiger partial charge in [0.1, 0.15) is 0 Å². The fourth-order valence-corrected chi connectivity index (χ4v) is 1.41. The molecule has 1 aliphatic carbocycles. The first-order valence-electron chi connectivity index (χ1n) is 3.72. The molecular formula is C8H14O2. The van der Waals surface area contributed by atoms with E-state index < -0.39 is 0 Å². The van der Waals surface area contributed by atoms with Crippen molar-refractivity contribution in [1.29, 1.82) is 0 Å². The third kappa shape index (κ3) is 1.82. The first-order chi connectivity index (χ1) is 4.72. The summed E-state index contributed by atoms with van der Waals surface area (Å²) in [6.45, 7) is 1.94. The highest BCUT2D eigenvalue weighted by atomic mass is 16.3. The zero-order valence-electron chi connectivity index (χ0n) is 6.25. The minimum atomic E-state index is -0.324. The SMILES string of the molecule is CC=C1CC(O)C[C@H](O)C1. The molecule has 1 fully saturated rings. The van der Waals surface area contributed by atoms with Gasteiger partial charge in [-0.3, -0.25) is 0 Å². The van der Waals surface area contributed by atoms with Gasteiger partial charge in [0, 0.05) is 0 Å². The van der Waals surface area contributed by atoms with E-state index in [-0.39, 0.29) is 12.2 Å². The van der Waals surface area contributed by atoms with Crippen molar-refractivity contribution in [3.63, 3.8) is 0 Å². The summed E-state index contributed by atoms with van der Waals surface area (Å²) in [4.78, 5) is 0. The molecule has 0 aromatic heterocycles. The summed E-state index contributed by atoms with van der Waals surface area (Å²) in [6, 6.07) is 0. The predicted octanol–water partition coefficient (Wildman–Crippen LogP) is 0.838. The molecule has 0 bridgehead atoms. The maximum Gasteiger partial charge on any atom is 0.0602 e. The molecule has 0 spiro atoms. The molecule has 2 nitrogen and oxygen atoms in total. The van der Waals surface area contributed by atoms with Crippen LogP contribution in [0.25, 0.3) is 0 Å². The molecule has 2 heteroatoms. The van der Waals surface area contributed by atoms with E-state index in [0.29, 0.717) is 6.42 Å². The lowest BCUT2D eigenvalue weighted by atomic mass is 9.90. The van der Waals surface area contributed by atoms with Crippen LogP contribution in [0.3, 0.4) is 0 Å². The summed E-state index contributed by atoms with van der Waals surface area (Å²) >= 11 is 0. The van der Waals surface area contributed by atoms with Crippen molar-refractivity contribution in [2.75, 3.05) is 0 Å². The summed E-state index contributed by atoms with van der Waals surface area (Å²) in [6.07, 6.45) is 3.36. The average molecular weight is 142 g/mol. The van der Waals surface area contributed by atoms with E-state index in [1.165, 1.54) is 5.57 Å². The molecule has 0 amide bonds. The van der Waals surface area contributed by atoms with Crippen LogP contribution < -0.4 is 0 Å². The first kappa shape index (κ1) is 7.76. The molecule has 0 aliphatic heterocycles. The molecule has 1 unspecified atom stereocenters. The lowest BCUT2D eigenvalue weighted by molar-refractivity contribution is 0.0609. The van der Waals surface area contributed by atoms with Crippen LogP contribution in [0.15, 0.2) is 11.6 Å². The lowest BCUT2D eigenvalue weighted by Crippen LogP contribution is -2.24. The Labute approximate surface area is 61.2 Å². The fourth-order valence-electron chi connectivity index (χ4n) is 1.41. The topological polar surface area (TPSA) is 40.5 Å². The molecule has 1 rings (SSSR count). The molecule has 0 aromatic rings. The van der Waals surface area contributed by atoms with E-state index in [4.69, 9.17) is 0 Å². The van der Waals surface area contributed by atoms with E-state index in [9.17, 15) is 10.2 Å². The molecule has 2 N–H and O–H groups in total. The zero-order chi connectivity index (χ0) is 7.56. The van der Waals surface area contributed by atoms with Crippen LogP contribution in [0.2, 0.25) is 0 Å². The molecule has 10 heavy (non-hydrogen) atoms.